The topological polar surface area (TPSA) is 64.4 Å². The number of hydrogen-bond donors (Lipinski definition) is 0. The van der Waals surface area contributed by atoms with Gasteiger partial charge in [-0.2, -0.15) is 5.10 Å². The van der Waals surface area contributed by atoms with Crippen LogP contribution in [0.4, 0.5) is 0 Å². The van der Waals surface area contributed by atoms with E-state index in [0.29, 0.717) is 39.0 Å². The van der Waals surface area contributed by atoms with Gasteiger partial charge in [0.15, 0.2) is 0 Å². The smallest absolute Gasteiger partial charge is 0.313 e. The van der Waals surface area contributed by atoms with Gasteiger partial charge in [-0.3, -0.25) is 14.3 Å². The third kappa shape index (κ3) is 5.46. The van der Waals surface area contributed by atoms with Crippen LogP contribution in [-0.2, 0) is 34.2 Å². The first kappa shape index (κ1) is 21.1. The van der Waals surface area contributed by atoms with Crippen molar-refractivity contribution in [2.45, 2.75) is 45.4 Å². The van der Waals surface area contributed by atoms with Crippen molar-refractivity contribution in [2.75, 3.05) is 19.7 Å². The second kappa shape index (κ2) is 9.72. The number of esters is 1. The van der Waals surface area contributed by atoms with Crippen LogP contribution in [-0.4, -0.2) is 46.3 Å². The number of nitrogens with zero attached hydrogens (tertiary/aromatic N) is 3. The van der Waals surface area contributed by atoms with Crippen LogP contribution in [0.1, 0.15) is 43.7 Å². The lowest BCUT2D eigenvalue weighted by atomic mass is 9.75. The molecular formula is C23H31N3O3. The molecule has 0 spiro atoms. The molecule has 6 nitrogen and oxygen atoms in total. The van der Waals surface area contributed by atoms with E-state index in [4.69, 9.17) is 4.74 Å². The second-order valence-electron chi connectivity index (χ2n) is 7.93. The van der Waals surface area contributed by atoms with Crippen LogP contribution < -0.4 is 0 Å². The van der Waals surface area contributed by atoms with E-state index in [1.165, 1.54) is 5.56 Å². The molecule has 2 aromatic rings. The summed E-state index contributed by atoms with van der Waals surface area (Å²) in [4.78, 5) is 27.7. The van der Waals surface area contributed by atoms with Gasteiger partial charge in [0, 0.05) is 32.8 Å². The average molecular weight is 398 g/mol. The van der Waals surface area contributed by atoms with Crippen molar-refractivity contribution in [1.82, 2.24) is 14.7 Å². The summed E-state index contributed by atoms with van der Waals surface area (Å²) < 4.78 is 7.19. The molecule has 1 aromatic carbocycles. The van der Waals surface area contributed by atoms with Gasteiger partial charge < -0.3 is 9.64 Å². The van der Waals surface area contributed by atoms with E-state index < -0.39 is 5.41 Å². The van der Waals surface area contributed by atoms with Crippen molar-refractivity contribution < 1.29 is 14.3 Å². The lowest BCUT2D eigenvalue weighted by molar-refractivity contribution is -0.161. The zero-order valence-corrected chi connectivity index (χ0v) is 17.5. The van der Waals surface area contributed by atoms with Gasteiger partial charge in [-0.15, -0.1) is 0 Å². The van der Waals surface area contributed by atoms with Crippen molar-refractivity contribution in [3.8, 4) is 0 Å². The largest absolute Gasteiger partial charge is 0.466 e. The molecule has 1 saturated heterocycles. The van der Waals surface area contributed by atoms with Gasteiger partial charge in [0.25, 0.3) is 0 Å². The normalized spacial score (nSPS) is 19.2. The minimum atomic E-state index is -0.617. The first-order valence-corrected chi connectivity index (χ1v) is 10.5. The molecule has 3 rings (SSSR count). The van der Waals surface area contributed by atoms with Gasteiger partial charge in [0.2, 0.25) is 5.91 Å². The number of ether oxygens (including phenoxy) is 1. The number of hydrogen-bond acceptors (Lipinski definition) is 4. The number of carbonyl (C=O) groups is 2. The van der Waals surface area contributed by atoms with Crippen LogP contribution in [0.25, 0.3) is 0 Å². The SMILES string of the molecule is CCOC(=O)[C@@]1(CCc2ccccc2)CCCN(C(=O)CCc2cnn(C)c2)C1. The number of aromatic nitrogens is 2. The van der Waals surface area contributed by atoms with Crippen LogP contribution in [0.15, 0.2) is 42.7 Å². The molecule has 1 aromatic heterocycles. The van der Waals surface area contributed by atoms with Crippen molar-refractivity contribution in [1.29, 1.82) is 0 Å². The van der Waals surface area contributed by atoms with Crippen molar-refractivity contribution in [3.05, 3.63) is 53.9 Å². The summed E-state index contributed by atoms with van der Waals surface area (Å²) in [5.41, 5.74) is 1.64. The summed E-state index contributed by atoms with van der Waals surface area (Å²) >= 11 is 0. The Kier molecular flexibility index (Phi) is 7.07. The standard InChI is InChI=1S/C23H31N3O3/c1-3-29-22(28)23(14-12-19-8-5-4-6-9-19)13-7-15-26(18-23)21(27)11-10-20-16-24-25(2)17-20/h4-6,8-9,16-17H,3,7,10-15,18H2,1-2H3/t23-/m1/s1. The number of piperidine rings is 1. The van der Waals surface area contributed by atoms with Gasteiger partial charge in [-0.1, -0.05) is 30.3 Å². The fourth-order valence-corrected chi connectivity index (χ4v) is 4.14. The Labute approximate surface area is 172 Å². The molecular weight excluding hydrogens is 366 g/mol. The summed E-state index contributed by atoms with van der Waals surface area (Å²) in [6.45, 7) is 3.35. The Morgan fingerprint density at radius 2 is 1.97 bits per heavy atom. The first-order chi connectivity index (χ1) is 14.0. The van der Waals surface area contributed by atoms with E-state index in [1.54, 1.807) is 10.9 Å². The van der Waals surface area contributed by atoms with E-state index in [9.17, 15) is 9.59 Å². The molecule has 0 bridgehead atoms. The minimum absolute atomic E-state index is 0.0990. The third-order valence-corrected chi connectivity index (χ3v) is 5.76. The van der Waals surface area contributed by atoms with Crippen molar-refractivity contribution >= 4 is 11.9 Å². The zero-order valence-electron chi connectivity index (χ0n) is 17.5. The lowest BCUT2D eigenvalue weighted by Gasteiger charge is -2.41. The Morgan fingerprint density at radius 1 is 1.17 bits per heavy atom. The van der Waals surface area contributed by atoms with Gasteiger partial charge in [0.05, 0.1) is 18.2 Å². The maximum atomic E-state index is 12.9. The van der Waals surface area contributed by atoms with Gasteiger partial charge >= 0.3 is 5.97 Å². The molecule has 156 valence electrons. The highest BCUT2D eigenvalue weighted by Crippen LogP contribution is 2.36. The molecule has 1 fully saturated rings. The molecule has 0 saturated carbocycles. The molecule has 0 radical (unpaired) electrons. The third-order valence-electron chi connectivity index (χ3n) is 5.76. The minimum Gasteiger partial charge on any atom is -0.466 e. The molecule has 1 amide bonds. The molecule has 1 aliphatic heterocycles. The Hall–Kier alpha value is -2.63. The Balaban J connectivity index is 1.66. The Morgan fingerprint density at radius 3 is 2.66 bits per heavy atom. The van der Waals surface area contributed by atoms with E-state index in [2.05, 4.69) is 17.2 Å². The fraction of sp³-hybridized carbons (Fsp3) is 0.522. The van der Waals surface area contributed by atoms with E-state index in [-0.39, 0.29) is 11.9 Å². The lowest BCUT2D eigenvalue weighted by Crippen LogP contribution is -2.50. The molecule has 0 N–H and O–H groups in total. The second-order valence-corrected chi connectivity index (χ2v) is 7.93. The molecule has 0 aliphatic carbocycles. The molecule has 1 aliphatic rings. The van der Waals surface area contributed by atoms with Crippen LogP contribution in [0, 0.1) is 5.41 Å². The van der Waals surface area contributed by atoms with E-state index >= 15 is 0 Å². The van der Waals surface area contributed by atoms with E-state index in [0.717, 1.165) is 24.8 Å². The monoisotopic (exact) mass is 397 g/mol. The quantitative estimate of drug-likeness (QED) is 0.642. The molecule has 29 heavy (non-hydrogen) atoms. The van der Waals surface area contributed by atoms with Crippen LogP contribution in [0.3, 0.4) is 0 Å². The summed E-state index contributed by atoms with van der Waals surface area (Å²) in [7, 11) is 1.87. The van der Waals surface area contributed by atoms with Crippen LogP contribution in [0.2, 0.25) is 0 Å². The van der Waals surface area contributed by atoms with Gasteiger partial charge in [-0.05, 0) is 50.2 Å². The van der Waals surface area contributed by atoms with Gasteiger partial charge in [-0.25, -0.2) is 0 Å². The number of rotatable bonds is 8. The highest BCUT2D eigenvalue weighted by molar-refractivity contribution is 5.81. The Bertz CT molecular complexity index is 818. The van der Waals surface area contributed by atoms with Crippen LogP contribution in [0.5, 0.6) is 0 Å². The van der Waals surface area contributed by atoms with Crippen molar-refractivity contribution in [2.24, 2.45) is 12.5 Å². The van der Waals surface area contributed by atoms with Crippen LogP contribution >= 0.6 is 0 Å². The van der Waals surface area contributed by atoms with E-state index in [1.807, 2.05) is 43.3 Å². The van der Waals surface area contributed by atoms with Gasteiger partial charge in [0.1, 0.15) is 0 Å². The zero-order chi connectivity index (χ0) is 20.7. The number of aryl methyl sites for hydroxylation is 3. The first-order valence-electron chi connectivity index (χ1n) is 10.5. The highest BCUT2D eigenvalue weighted by atomic mass is 16.5. The maximum Gasteiger partial charge on any atom is 0.313 e. The predicted molar refractivity (Wildman–Crippen MR) is 111 cm³/mol. The molecule has 0 unspecified atom stereocenters. The van der Waals surface area contributed by atoms with Crippen molar-refractivity contribution in [3.63, 3.8) is 0 Å². The summed E-state index contributed by atoms with van der Waals surface area (Å²) in [6.07, 6.45) is 7.93. The maximum absolute atomic E-state index is 12.9. The molecule has 6 heteroatoms. The number of carbonyl (C=O) groups excluding carboxylic acids is 2. The summed E-state index contributed by atoms with van der Waals surface area (Å²) in [6, 6.07) is 10.2. The molecule has 1 atom stereocenters. The predicted octanol–water partition coefficient (Wildman–Crippen LogP) is 3.16. The number of amides is 1. The number of benzene rings is 1. The number of likely N-dealkylation sites (tertiary alicyclic amines) is 1. The highest BCUT2D eigenvalue weighted by Gasteiger charge is 2.44. The average Bonchev–Trinajstić information content (AvgIpc) is 3.17. The molecule has 2 heterocycles. The summed E-state index contributed by atoms with van der Waals surface area (Å²) in [5, 5.41) is 4.16. The summed E-state index contributed by atoms with van der Waals surface area (Å²) in [5.74, 6) is -0.0670. The fourth-order valence-electron chi connectivity index (χ4n) is 4.14.